The van der Waals surface area contributed by atoms with Gasteiger partial charge in [-0.2, -0.15) is 0 Å². The Morgan fingerprint density at radius 2 is 2.19 bits per heavy atom. The summed E-state index contributed by atoms with van der Waals surface area (Å²) in [6, 6.07) is 5.57. The molecule has 0 amide bonds. The van der Waals surface area contributed by atoms with Gasteiger partial charge in [0.15, 0.2) is 5.43 Å². The van der Waals surface area contributed by atoms with Crippen molar-refractivity contribution >= 4 is 16.7 Å². The van der Waals surface area contributed by atoms with Gasteiger partial charge in [0.05, 0.1) is 10.3 Å². The number of rotatable bonds is 2. The van der Waals surface area contributed by atoms with Gasteiger partial charge in [-0.1, -0.05) is 6.07 Å². The second kappa shape index (κ2) is 3.77. The van der Waals surface area contributed by atoms with E-state index in [9.17, 15) is 14.9 Å². The fraction of sp³-hybridized carbons (Fsp3) is 0.0909. The number of hydrogen-bond donors (Lipinski definition) is 0. The number of nitro groups is 1. The van der Waals surface area contributed by atoms with Gasteiger partial charge in [-0.15, -0.1) is 0 Å². The van der Waals surface area contributed by atoms with Crippen LogP contribution < -0.4 is 5.43 Å². The molecule has 81 valence electrons. The molecule has 2 rings (SSSR count). The van der Waals surface area contributed by atoms with Crippen molar-refractivity contribution < 1.29 is 9.34 Å². The number of benzene rings is 1. The molecule has 1 radical (unpaired) electrons. The molecule has 0 spiro atoms. The summed E-state index contributed by atoms with van der Waals surface area (Å²) in [5.41, 5.74) is -0.479. The first-order valence-electron chi connectivity index (χ1n) is 4.63. The smallest absolute Gasteiger partial charge is 0.312 e. The maximum absolute atomic E-state index is 11.6. The number of nitrogens with zero attached hydrogens (tertiary/aromatic N) is 1. The van der Waals surface area contributed by atoms with Crippen molar-refractivity contribution in [3.8, 4) is 0 Å². The average Bonchev–Trinajstić information content (AvgIpc) is 2.28. The van der Waals surface area contributed by atoms with Gasteiger partial charge in [-0.25, -0.2) is 0 Å². The standard InChI is InChI=1S/C11H8NO4/c1-2-7-6-10(13)8-4-3-5-9(12(14)15)11(8)16-7/h3-6H,1-2H2. The van der Waals surface area contributed by atoms with Crippen LogP contribution in [-0.2, 0) is 6.42 Å². The molecule has 1 aromatic carbocycles. The maximum Gasteiger partial charge on any atom is 0.312 e. The topological polar surface area (TPSA) is 73.3 Å². The van der Waals surface area contributed by atoms with Crippen molar-refractivity contribution in [3.05, 3.63) is 57.3 Å². The molecule has 0 unspecified atom stereocenters. The molecule has 1 aromatic heterocycles. The summed E-state index contributed by atoms with van der Waals surface area (Å²) in [7, 11) is 0. The largest absolute Gasteiger partial charge is 0.454 e. The Hall–Kier alpha value is -2.17. The summed E-state index contributed by atoms with van der Waals surface area (Å²) in [6.45, 7) is 3.58. The molecular weight excluding hydrogens is 210 g/mol. The van der Waals surface area contributed by atoms with Crippen molar-refractivity contribution in [1.29, 1.82) is 0 Å². The van der Waals surface area contributed by atoms with E-state index < -0.39 is 4.92 Å². The van der Waals surface area contributed by atoms with Crippen molar-refractivity contribution in [2.45, 2.75) is 6.42 Å². The van der Waals surface area contributed by atoms with Crippen LogP contribution >= 0.6 is 0 Å². The second-order valence-corrected chi connectivity index (χ2v) is 3.24. The van der Waals surface area contributed by atoms with Crippen molar-refractivity contribution in [2.24, 2.45) is 0 Å². The summed E-state index contributed by atoms with van der Waals surface area (Å²) < 4.78 is 5.28. The first-order valence-corrected chi connectivity index (χ1v) is 4.63. The van der Waals surface area contributed by atoms with E-state index >= 15 is 0 Å². The van der Waals surface area contributed by atoms with Crippen LogP contribution in [0.2, 0.25) is 0 Å². The van der Waals surface area contributed by atoms with E-state index in [1.54, 1.807) is 0 Å². The van der Waals surface area contributed by atoms with Crippen LogP contribution in [0, 0.1) is 17.0 Å². The van der Waals surface area contributed by atoms with Gasteiger partial charge in [-0.3, -0.25) is 14.9 Å². The van der Waals surface area contributed by atoms with E-state index in [1.807, 2.05) is 0 Å². The van der Waals surface area contributed by atoms with Crippen LogP contribution in [0.1, 0.15) is 5.76 Å². The highest BCUT2D eigenvalue weighted by atomic mass is 16.6. The van der Waals surface area contributed by atoms with Gasteiger partial charge in [0, 0.05) is 18.6 Å². The Morgan fingerprint density at radius 3 is 2.81 bits per heavy atom. The Kier molecular flexibility index (Phi) is 2.44. The van der Waals surface area contributed by atoms with Crippen LogP contribution in [0.15, 0.2) is 33.5 Å². The third-order valence-electron chi connectivity index (χ3n) is 2.23. The molecule has 0 aliphatic rings. The fourth-order valence-electron chi connectivity index (χ4n) is 1.48. The highest BCUT2D eigenvalue weighted by Gasteiger charge is 2.16. The van der Waals surface area contributed by atoms with Crippen LogP contribution in [0.25, 0.3) is 11.0 Å². The molecule has 0 saturated carbocycles. The lowest BCUT2D eigenvalue weighted by Crippen LogP contribution is -2.03. The fourth-order valence-corrected chi connectivity index (χ4v) is 1.48. The summed E-state index contributed by atoms with van der Waals surface area (Å²) in [5.74, 6) is 0.340. The molecule has 0 aliphatic heterocycles. The Bertz CT molecular complexity index is 615. The van der Waals surface area contributed by atoms with E-state index in [4.69, 9.17) is 4.42 Å². The highest BCUT2D eigenvalue weighted by molar-refractivity contribution is 5.84. The quantitative estimate of drug-likeness (QED) is 0.571. The molecule has 2 aromatic rings. The minimum atomic E-state index is -0.571. The van der Waals surface area contributed by atoms with Crippen molar-refractivity contribution in [3.63, 3.8) is 0 Å². The SMILES string of the molecule is [CH2]Cc1cc(=O)c2cccc([N+](=O)[O-])c2o1. The minimum Gasteiger partial charge on any atom is -0.454 e. The van der Waals surface area contributed by atoms with E-state index in [2.05, 4.69) is 6.92 Å². The molecule has 0 bridgehead atoms. The van der Waals surface area contributed by atoms with Gasteiger partial charge in [-0.05, 0) is 13.0 Å². The average molecular weight is 218 g/mol. The van der Waals surface area contributed by atoms with Crippen LogP contribution in [0.5, 0.6) is 0 Å². The van der Waals surface area contributed by atoms with Crippen LogP contribution in [-0.4, -0.2) is 4.92 Å². The molecule has 5 heteroatoms. The monoisotopic (exact) mass is 218 g/mol. The molecule has 0 aliphatic carbocycles. The van der Waals surface area contributed by atoms with Gasteiger partial charge in [0.25, 0.3) is 0 Å². The van der Waals surface area contributed by atoms with Gasteiger partial charge in [0.2, 0.25) is 5.58 Å². The lowest BCUT2D eigenvalue weighted by atomic mass is 10.2. The molecule has 0 saturated heterocycles. The number of non-ortho nitro benzene ring substituents is 1. The molecule has 16 heavy (non-hydrogen) atoms. The first-order chi connectivity index (χ1) is 7.63. The maximum atomic E-state index is 11.6. The Balaban J connectivity index is 2.90. The number of para-hydroxylation sites is 1. The predicted molar refractivity (Wildman–Crippen MR) is 58.2 cm³/mol. The van der Waals surface area contributed by atoms with E-state index in [1.165, 1.54) is 24.3 Å². The van der Waals surface area contributed by atoms with Crippen molar-refractivity contribution in [2.75, 3.05) is 0 Å². The predicted octanol–water partition coefficient (Wildman–Crippen LogP) is 2.08. The molecule has 5 nitrogen and oxygen atoms in total. The summed E-state index contributed by atoms with van der Waals surface area (Å²) >= 11 is 0. The van der Waals surface area contributed by atoms with E-state index in [0.29, 0.717) is 5.76 Å². The lowest BCUT2D eigenvalue weighted by molar-refractivity contribution is -0.383. The number of hydrogen-bond acceptors (Lipinski definition) is 4. The summed E-state index contributed by atoms with van der Waals surface area (Å²) in [6.07, 6.45) is 0.275. The Labute approximate surface area is 90.5 Å². The van der Waals surface area contributed by atoms with Gasteiger partial charge < -0.3 is 4.42 Å². The molecule has 1 heterocycles. The lowest BCUT2D eigenvalue weighted by Gasteiger charge is -2.00. The third-order valence-corrected chi connectivity index (χ3v) is 2.23. The van der Waals surface area contributed by atoms with E-state index in [0.717, 1.165) is 0 Å². The van der Waals surface area contributed by atoms with Crippen LogP contribution in [0.3, 0.4) is 0 Å². The molecular formula is C11H8NO4. The first kappa shape index (κ1) is 10.4. The van der Waals surface area contributed by atoms with Crippen molar-refractivity contribution in [1.82, 2.24) is 0 Å². The third kappa shape index (κ3) is 1.56. The van der Waals surface area contributed by atoms with Crippen LogP contribution in [0.4, 0.5) is 5.69 Å². The zero-order chi connectivity index (χ0) is 11.7. The Morgan fingerprint density at radius 1 is 1.44 bits per heavy atom. The summed E-state index contributed by atoms with van der Waals surface area (Å²) in [4.78, 5) is 21.8. The van der Waals surface area contributed by atoms with Gasteiger partial charge in [0.1, 0.15) is 5.76 Å². The summed E-state index contributed by atoms with van der Waals surface area (Å²) in [5, 5.41) is 11.0. The zero-order valence-electron chi connectivity index (χ0n) is 8.30. The van der Waals surface area contributed by atoms with Gasteiger partial charge >= 0.3 is 5.69 Å². The normalized spacial score (nSPS) is 10.6. The second-order valence-electron chi connectivity index (χ2n) is 3.24. The zero-order valence-corrected chi connectivity index (χ0v) is 8.30. The molecule has 0 fully saturated rings. The molecule has 0 atom stereocenters. The number of fused-ring (bicyclic) bond motifs is 1. The van der Waals surface area contributed by atoms with E-state index in [-0.39, 0.29) is 28.5 Å². The number of nitro benzene ring substituents is 1. The minimum absolute atomic E-state index is 0.0126. The highest BCUT2D eigenvalue weighted by Crippen LogP contribution is 2.23. The molecule has 0 N–H and O–H groups in total.